The predicted molar refractivity (Wildman–Crippen MR) is 59.3 cm³/mol. The van der Waals surface area contributed by atoms with Gasteiger partial charge in [0.25, 0.3) is 0 Å². The summed E-state index contributed by atoms with van der Waals surface area (Å²) in [6.07, 6.45) is 1.85. The van der Waals surface area contributed by atoms with Crippen LogP contribution in [0.3, 0.4) is 0 Å². The molecule has 0 heterocycles. The van der Waals surface area contributed by atoms with Crippen molar-refractivity contribution in [3.63, 3.8) is 0 Å². The van der Waals surface area contributed by atoms with E-state index in [1.54, 1.807) is 13.8 Å². The van der Waals surface area contributed by atoms with Gasteiger partial charge in [-0.2, -0.15) is 0 Å². The maximum absolute atomic E-state index is 9.49. The molecule has 14 heavy (non-hydrogen) atoms. The second kappa shape index (κ2) is 5.69. The molecule has 0 unspecified atom stereocenters. The Morgan fingerprint density at radius 2 is 1.64 bits per heavy atom. The molecule has 0 spiro atoms. The second-order valence-corrected chi connectivity index (χ2v) is 5.41. The molecule has 0 saturated heterocycles. The van der Waals surface area contributed by atoms with Crippen molar-refractivity contribution in [2.45, 2.75) is 46.1 Å². The fourth-order valence-electron chi connectivity index (χ4n) is 1.35. The third-order valence-electron chi connectivity index (χ3n) is 2.17. The van der Waals surface area contributed by atoms with Crippen molar-refractivity contribution >= 4 is 0 Å². The molecule has 0 atom stereocenters. The van der Waals surface area contributed by atoms with Gasteiger partial charge in [-0.25, -0.2) is 0 Å². The third-order valence-corrected chi connectivity index (χ3v) is 2.17. The first-order chi connectivity index (χ1) is 6.27. The van der Waals surface area contributed by atoms with Gasteiger partial charge in [-0.15, -0.1) is 0 Å². The summed E-state index contributed by atoms with van der Waals surface area (Å²) in [6.45, 7) is 9.66. The zero-order chi connectivity index (χ0) is 11.2. The molecule has 0 aromatic rings. The fraction of sp³-hybridized carbons (Fsp3) is 1.00. The van der Waals surface area contributed by atoms with E-state index in [-0.39, 0.29) is 12.0 Å². The molecule has 0 aromatic heterocycles. The van der Waals surface area contributed by atoms with Crippen LogP contribution in [0.2, 0.25) is 0 Å². The van der Waals surface area contributed by atoms with Gasteiger partial charge in [-0.1, -0.05) is 13.8 Å². The number of aliphatic hydroxyl groups is 2. The van der Waals surface area contributed by atoms with Crippen molar-refractivity contribution in [2.75, 3.05) is 19.7 Å². The summed E-state index contributed by atoms with van der Waals surface area (Å²) in [5, 5.41) is 21.5. The van der Waals surface area contributed by atoms with Crippen molar-refractivity contribution in [2.24, 2.45) is 5.41 Å². The number of aliphatic hydroxyl groups excluding tert-OH is 1. The Morgan fingerprint density at radius 1 is 1.07 bits per heavy atom. The molecule has 3 heteroatoms. The summed E-state index contributed by atoms with van der Waals surface area (Å²) in [5.74, 6) is 0. The molecule has 0 aliphatic carbocycles. The van der Waals surface area contributed by atoms with E-state index >= 15 is 0 Å². The lowest BCUT2D eigenvalue weighted by molar-refractivity contribution is 0.0761. The quantitative estimate of drug-likeness (QED) is 0.582. The molecule has 0 aliphatic rings. The van der Waals surface area contributed by atoms with Crippen LogP contribution in [0.4, 0.5) is 0 Å². The lowest BCUT2D eigenvalue weighted by atomic mass is 9.88. The van der Waals surface area contributed by atoms with Crippen molar-refractivity contribution < 1.29 is 10.2 Å². The second-order valence-electron chi connectivity index (χ2n) is 5.41. The van der Waals surface area contributed by atoms with Crippen LogP contribution >= 0.6 is 0 Å². The van der Waals surface area contributed by atoms with Crippen molar-refractivity contribution in [3.05, 3.63) is 0 Å². The van der Waals surface area contributed by atoms with Crippen LogP contribution in [0, 0.1) is 5.41 Å². The summed E-state index contributed by atoms with van der Waals surface area (Å²) in [6, 6.07) is 0. The van der Waals surface area contributed by atoms with E-state index in [9.17, 15) is 5.11 Å². The summed E-state index contributed by atoms with van der Waals surface area (Å²) in [7, 11) is 0. The molecule has 0 aliphatic heterocycles. The van der Waals surface area contributed by atoms with Crippen molar-refractivity contribution in [1.82, 2.24) is 5.32 Å². The SMILES string of the molecule is CC(C)(O)CNCC(C)(C)CCCO. The van der Waals surface area contributed by atoms with Crippen LogP contribution < -0.4 is 5.32 Å². The highest BCUT2D eigenvalue weighted by Gasteiger charge is 2.18. The molecule has 0 rings (SSSR count). The molecule has 86 valence electrons. The van der Waals surface area contributed by atoms with Crippen LogP contribution in [0.1, 0.15) is 40.5 Å². The molecule has 3 nitrogen and oxygen atoms in total. The average molecular weight is 203 g/mol. The molecule has 0 bridgehead atoms. The van der Waals surface area contributed by atoms with E-state index in [0.717, 1.165) is 19.4 Å². The zero-order valence-corrected chi connectivity index (χ0v) is 9.93. The standard InChI is InChI=1S/C11H25NO2/c1-10(2,6-5-7-13)8-12-9-11(3,4)14/h12-14H,5-9H2,1-4H3. The van der Waals surface area contributed by atoms with Gasteiger partial charge in [0, 0.05) is 19.7 Å². The molecule has 3 N–H and O–H groups in total. The van der Waals surface area contributed by atoms with Gasteiger partial charge in [0.15, 0.2) is 0 Å². The van der Waals surface area contributed by atoms with Crippen molar-refractivity contribution in [1.29, 1.82) is 0 Å². The highest BCUT2D eigenvalue weighted by Crippen LogP contribution is 2.20. The summed E-state index contributed by atoms with van der Waals surface area (Å²) in [4.78, 5) is 0. The Morgan fingerprint density at radius 3 is 2.07 bits per heavy atom. The lowest BCUT2D eigenvalue weighted by Gasteiger charge is -2.27. The van der Waals surface area contributed by atoms with Gasteiger partial charge in [-0.05, 0) is 32.1 Å². The normalized spacial score (nSPS) is 13.3. The Balaban J connectivity index is 3.65. The molecule has 0 fully saturated rings. The maximum atomic E-state index is 9.49. The minimum absolute atomic E-state index is 0.188. The molecular formula is C11H25NO2. The van der Waals surface area contributed by atoms with Crippen LogP contribution in [0.5, 0.6) is 0 Å². The van der Waals surface area contributed by atoms with Gasteiger partial charge in [0.05, 0.1) is 5.60 Å². The number of rotatable bonds is 7. The smallest absolute Gasteiger partial charge is 0.0715 e. The topological polar surface area (TPSA) is 52.5 Å². The van der Waals surface area contributed by atoms with E-state index in [4.69, 9.17) is 5.11 Å². The fourth-order valence-corrected chi connectivity index (χ4v) is 1.35. The molecule has 0 amide bonds. The number of hydrogen-bond acceptors (Lipinski definition) is 3. The van der Waals surface area contributed by atoms with E-state index in [1.807, 2.05) is 0 Å². The predicted octanol–water partition coefficient (Wildman–Crippen LogP) is 1.15. The minimum Gasteiger partial charge on any atom is -0.396 e. The summed E-state index contributed by atoms with van der Waals surface area (Å²) < 4.78 is 0. The van der Waals surface area contributed by atoms with Gasteiger partial charge in [0.1, 0.15) is 0 Å². The van der Waals surface area contributed by atoms with Crippen LogP contribution in [0.25, 0.3) is 0 Å². The van der Waals surface area contributed by atoms with Crippen LogP contribution in [-0.2, 0) is 0 Å². The first kappa shape index (κ1) is 13.9. The van der Waals surface area contributed by atoms with Gasteiger partial charge < -0.3 is 15.5 Å². The molecule has 0 radical (unpaired) electrons. The monoisotopic (exact) mass is 203 g/mol. The first-order valence-corrected chi connectivity index (χ1v) is 5.31. The van der Waals surface area contributed by atoms with Crippen molar-refractivity contribution in [3.8, 4) is 0 Å². The van der Waals surface area contributed by atoms with E-state index < -0.39 is 5.60 Å². The maximum Gasteiger partial charge on any atom is 0.0715 e. The summed E-state index contributed by atoms with van der Waals surface area (Å²) >= 11 is 0. The Kier molecular flexibility index (Phi) is 5.64. The van der Waals surface area contributed by atoms with Gasteiger partial charge in [0.2, 0.25) is 0 Å². The van der Waals surface area contributed by atoms with E-state index in [2.05, 4.69) is 19.2 Å². The molecule has 0 saturated carbocycles. The Bertz CT molecular complexity index is 150. The highest BCUT2D eigenvalue weighted by molar-refractivity contribution is 4.75. The van der Waals surface area contributed by atoms with Crippen LogP contribution in [0.15, 0.2) is 0 Å². The van der Waals surface area contributed by atoms with Crippen LogP contribution in [-0.4, -0.2) is 35.5 Å². The zero-order valence-electron chi connectivity index (χ0n) is 9.93. The molecular weight excluding hydrogens is 178 g/mol. The van der Waals surface area contributed by atoms with Gasteiger partial charge >= 0.3 is 0 Å². The number of hydrogen-bond donors (Lipinski definition) is 3. The van der Waals surface area contributed by atoms with E-state index in [0.29, 0.717) is 6.54 Å². The molecule has 0 aromatic carbocycles. The Hall–Kier alpha value is -0.120. The summed E-state index contributed by atoms with van der Waals surface area (Å²) in [5.41, 5.74) is -0.457. The Labute approximate surface area is 87.5 Å². The first-order valence-electron chi connectivity index (χ1n) is 5.31. The average Bonchev–Trinajstić information content (AvgIpc) is 1.98. The lowest BCUT2D eigenvalue weighted by Crippen LogP contribution is -2.39. The highest BCUT2D eigenvalue weighted by atomic mass is 16.3. The number of nitrogens with one attached hydrogen (secondary N) is 1. The third kappa shape index (κ3) is 8.48. The van der Waals surface area contributed by atoms with E-state index in [1.165, 1.54) is 0 Å². The largest absolute Gasteiger partial charge is 0.396 e. The minimum atomic E-state index is -0.646. The van der Waals surface area contributed by atoms with Gasteiger partial charge in [-0.3, -0.25) is 0 Å².